The highest BCUT2D eigenvalue weighted by atomic mass is 127. The molecule has 29 heavy (non-hydrogen) atoms. The minimum atomic E-state index is 0. The Bertz CT molecular complexity index is 656. The molecular formula is C21H39IN6O. The van der Waals surface area contributed by atoms with Crippen LogP contribution in [0.15, 0.2) is 4.99 Å². The summed E-state index contributed by atoms with van der Waals surface area (Å²) < 4.78 is 7.51. The van der Waals surface area contributed by atoms with Crippen LogP contribution in [0.5, 0.6) is 0 Å². The molecule has 0 aliphatic carbocycles. The minimum absolute atomic E-state index is 0. The molecular weight excluding hydrogens is 479 g/mol. The molecule has 2 fully saturated rings. The van der Waals surface area contributed by atoms with Gasteiger partial charge in [-0.15, -0.1) is 24.0 Å². The molecule has 0 amide bonds. The molecule has 166 valence electrons. The molecule has 0 radical (unpaired) electrons. The molecule has 8 heteroatoms. The second-order valence-corrected chi connectivity index (χ2v) is 7.89. The second kappa shape index (κ2) is 12.1. The van der Waals surface area contributed by atoms with Crippen molar-refractivity contribution in [3.05, 3.63) is 17.0 Å². The van der Waals surface area contributed by atoms with Crippen LogP contribution in [0.3, 0.4) is 0 Å². The van der Waals surface area contributed by atoms with Crippen LogP contribution in [-0.2, 0) is 31.2 Å². The SMILES string of the molecule is CCNC(=NCc1c(CC)nn(C)c1CC)N1CCC(CN2CCOCC2)C1.I. The summed E-state index contributed by atoms with van der Waals surface area (Å²) in [6.07, 6.45) is 3.20. The van der Waals surface area contributed by atoms with E-state index in [0.717, 1.165) is 70.7 Å². The van der Waals surface area contributed by atoms with Crippen molar-refractivity contribution < 1.29 is 4.74 Å². The van der Waals surface area contributed by atoms with E-state index in [2.05, 4.69) is 35.9 Å². The number of guanidine groups is 1. The van der Waals surface area contributed by atoms with E-state index in [4.69, 9.17) is 14.8 Å². The number of aryl methyl sites for hydroxylation is 2. The number of aromatic nitrogens is 2. The summed E-state index contributed by atoms with van der Waals surface area (Å²) in [6.45, 7) is 15.4. The van der Waals surface area contributed by atoms with Gasteiger partial charge in [0.15, 0.2) is 5.96 Å². The molecule has 1 unspecified atom stereocenters. The van der Waals surface area contributed by atoms with Crippen LogP contribution < -0.4 is 5.32 Å². The monoisotopic (exact) mass is 518 g/mol. The zero-order valence-corrected chi connectivity index (χ0v) is 20.9. The van der Waals surface area contributed by atoms with E-state index < -0.39 is 0 Å². The smallest absolute Gasteiger partial charge is 0.194 e. The predicted octanol–water partition coefficient (Wildman–Crippen LogP) is 2.28. The highest BCUT2D eigenvalue weighted by Gasteiger charge is 2.27. The molecule has 1 atom stereocenters. The largest absolute Gasteiger partial charge is 0.379 e. The number of ether oxygens (including phenoxy) is 1. The van der Waals surface area contributed by atoms with Gasteiger partial charge in [-0.1, -0.05) is 13.8 Å². The van der Waals surface area contributed by atoms with Gasteiger partial charge in [0, 0.05) is 57.6 Å². The highest BCUT2D eigenvalue weighted by Crippen LogP contribution is 2.20. The number of aliphatic imine (C=N–C) groups is 1. The minimum Gasteiger partial charge on any atom is -0.379 e. The van der Waals surface area contributed by atoms with E-state index in [1.54, 1.807) is 0 Å². The van der Waals surface area contributed by atoms with E-state index in [0.29, 0.717) is 6.54 Å². The molecule has 0 saturated carbocycles. The van der Waals surface area contributed by atoms with Crippen LogP contribution in [0.4, 0.5) is 0 Å². The molecule has 2 aliphatic heterocycles. The van der Waals surface area contributed by atoms with Crippen molar-refractivity contribution in [3.8, 4) is 0 Å². The molecule has 1 aromatic rings. The summed E-state index contributed by atoms with van der Waals surface area (Å²) in [5.74, 6) is 1.78. The Labute approximate surface area is 193 Å². The lowest BCUT2D eigenvalue weighted by atomic mass is 10.1. The molecule has 1 aromatic heterocycles. The first kappa shape index (κ1) is 24.4. The first-order valence-electron chi connectivity index (χ1n) is 11.0. The first-order valence-corrected chi connectivity index (χ1v) is 11.0. The molecule has 1 N–H and O–H groups in total. The van der Waals surface area contributed by atoms with Crippen molar-refractivity contribution in [3.63, 3.8) is 0 Å². The van der Waals surface area contributed by atoms with Crippen LogP contribution in [0.25, 0.3) is 0 Å². The maximum absolute atomic E-state index is 5.48. The molecule has 2 aliphatic rings. The lowest BCUT2D eigenvalue weighted by Crippen LogP contribution is -2.42. The van der Waals surface area contributed by atoms with Gasteiger partial charge in [-0.05, 0) is 32.1 Å². The number of nitrogens with one attached hydrogen (secondary N) is 1. The van der Waals surface area contributed by atoms with E-state index in [-0.39, 0.29) is 24.0 Å². The molecule has 2 saturated heterocycles. The number of likely N-dealkylation sites (tertiary alicyclic amines) is 1. The average molecular weight is 518 g/mol. The van der Waals surface area contributed by atoms with Crippen molar-refractivity contribution in [1.29, 1.82) is 0 Å². The fourth-order valence-electron chi connectivity index (χ4n) is 4.48. The summed E-state index contributed by atoms with van der Waals surface area (Å²) in [4.78, 5) is 10.0. The summed E-state index contributed by atoms with van der Waals surface area (Å²) in [7, 11) is 2.05. The number of rotatable bonds is 7. The number of hydrogen-bond donors (Lipinski definition) is 1. The Kier molecular flexibility index (Phi) is 10.2. The Hall–Kier alpha value is -0.870. The van der Waals surface area contributed by atoms with E-state index in [1.165, 1.54) is 29.9 Å². The molecule has 3 heterocycles. The number of halogens is 1. The third-order valence-corrected chi connectivity index (χ3v) is 5.96. The zero-order valence-electron chi connectivity index (χ0n) is 18.6. The van der Waals surface area contributed by atoms with Gasteiger partial charge < -0.3 is 15.0 Å². The standard InChI is InChI=1S/C21H38N6O.HI/c1-5-19-18(20(6-2)25(4)24-19)14-23-21(22-7-3)27-9-8-17(16-27)15-26-10-12-28-13-11-26;/h17H,5-16H2,1-4H3,(H,22,23);1H. The van der Waals surface area contributed by atoms with Crippen molar-refractivity contribution in [2.45, 2.75) is 46.6 Å². The highest BCUT2D eigenvalue weighted by molar-refractivity contribution is 14.0. The Balaban J connectivity index is 0.00000300. The topological polar surface area (TPSA) is 57.9 Å². The normalized spacial score (nSPS) is 20.8. The Morgan fingerprint density at radius 1 is 1.17 bits per heavy atom. The zero-order chi connectivity index (χ0) is 19.9. The molecule has 0 aromatic carbocycles. The van der Waals surface area contributed by atoms with Crippen LogP contribution in [-0.4, -0.2) is 78.0 Å². The van der Waals surface area contributed by atoms with E-state index >= 15 is 0 Å². The van der Waals surface area contributed by atoms with Crippen molar-refractivity contribution >= 4 is 29.9 Å². The van der Waals surface area contributed by atoms with Crippen LogP contribution in [0, 0.1) is 5.92 Å². The van der Waals surface area contributed by atoms with E-state index in [1.807, 2.05) is 11.7 Å². The van der Waals surface area contributed by atoms with Gasteiger partial charge in [0.1, 0.15) is 0 Å². The van der Waals surface area contributed by atoms with Gasteiger partial charge >= 0.3 is 0 Å². The Morgan fingerprint density at radius 2 is 1.93 bits per heavy atom. The average Bonchev–Trinajstić information content (AvgIpc) is 3.29. The lowest BCUT2D eigenvalue weighted by molar-refractivity contribution is 0.0315. The summed E-state index contributed by atoms with van der Waals surface area (Å²) >= 11 is 0. The molecule has 7 nitrogen and oxygen atoms in total. The van der Waals surface area contributed by atoms with Gasteiger partial charge in [-0.3, -0.25) is 9.58 Å². The van der Waals surface area contributed by atoms with Crippen LogP contribution in [0.2, 0.25) is 0 Å². The Morgan fingerprint density at radius 3 is 2.59 bits per heavy atom. The molecule has 3 rings (SSSR count). The predicted molar refractivity (Wildman–Crippen MR) is 129 cm³/mol. The van der Waals surface area contributed by atoms with Gasteiger partial charge in [-0.2, -0.15) is 5.10 Å². The van der Waals surface area contributed by atoms with Crippen molar-refractivity contribution in [1.82, 2.24) is 24.9 Å². The second-order valence-electron chi connectivity index (χ2n) is 7.89. The van der Waals surface area contributed by atoms with Gasteiger partial charge in [0.25, 0.3) is 0 Å². The van der Waals surface area contributed by atoms with Crippen molar-refractivity contribution in [2.75, 3.05) is 52.5 Å². The maximum Gasteiger partial charge on any atom is 0.194 e. The van der Waals surface area contributed by atoms with Gasteiger partial charge in [0.2, 0.25) is 0 Å². The summed E-state index contributed by atoms with van der Waals surface area (Å²) in [5.41, 5.74) is 3.81. The van der Waals surface area contributed by atoms with E-state index in [9.17, 15) is 0 Å². The van der Waals surface area contributed by atoms with Gasteiger partial charge in [0.05, 0.1) is 25.5 Å². The molecule has 0 spiro atoms. The molecule has 0 bridgehead atoms. The summed E-state index contributed by atoms with van der Waals surface area (Å²) in [6, 6.07) is 0. The summed E-state index contributed by atoms with van der Waals surface area (Å²) in [5, 5.41) is 8.21. The van der Waals surface area contributed by atoms with Crippen molar-refractivity contribution in [2.24, 2.45) is 18.0 Å². The fraction of sp³-hybridized carbons (Fsp3) is 0.810. The third-order valence-electron chi connectivity index (χ3n) is 5.96. The van der Waals surface area contributed by atoms with Gasteiger partial charge in [-0.25, -0.2) is 4.99 Å². The maximum atomic E-state index is 5.48. The quantitative estimate of drug-likeness (QED) is 0.341. The number of hydrogen-bond acceptors (Lipinski definition) is 4. The fourth-order valence-corrected chi connectivity index (χ4v) is 4.48. The number of nitrogens with zero attached hydrogens (tertiary/aromatic N) is 5. The third kappa shape index (κ3) is 6.30. The lowest BCUT2D eigenvalue weighted by Gasteiger charge is -2.29. The number of morpholine rings is 1. The van der Waals surface area contributed by atoms with Crippen LogP contribution in [0.1, 0.15) is 44.1 Å². The first-order chi connectivity index (χ1) is 13.7. The van der Waals surface area contributed by atoms with Crippen LogP contribution >= 0.6 is 24.0 Å².